The number of carbonyl (C=O) groups excluding carboxylic acids is 2. The molecule has 2 aromatic rings. The highest BCUT2D eigenvalue weighted by molar-refractivity contribution is 6.13. The van der Waals surface area contributed by atoms with Gasteiger partial charge in [0.15, 0.2) is 5.75 Å². The van der Waals surface area contributed by atoms with Crippen LogP contribution in [0.4, 0.5) is 5.69 Å². The Morgan fingerprint density at radius 2 is 1.62 bits per heavy atom. The van der Waals surface area contributed by atoms with Crippen LogP contribution in [0.5, 0.6) is 11.5 Å². The molecule has 1 aliphatic carbocycles. The van der Waals surface area contributed by atoms with Crippen molar-refractivity contribution in [2.75, 3.05) is 18.4 Å². The van der Waals surface area contributed by atoms with Crippen LogP contribution in [0.15, 0.2) is 54.6 Å². The average molecular weight is 352 g/mol. The van der Waals surface area contributed by atoms with E-state index in [1.54, 1.807) is 17.0 Å². The molecule has 1 saturated carbocycles. The third-order valence-corrected chi connectivity index (χ3v) is 4.75. The van der Waals surface area contributed by atoms with Crippen LogP contribution < -0.4 is 10.1 Å². The van der Waals surface area contributed by atoms with Gasteiger partial charge in [-0.1, -0.05) is 30.3 Å². The maximum absolute atomic E-state index is 12.9. The van der Waals surface area contributed by atoms with Crippen molar-refractivity contribution in [2.24, 2.45) is 5.41 Å². The molecule has 2 amide bonds. The summed E-state index contributed by atoms with van der Waals surface area (Å²) in [5.41, 5.74) is -0.355. The molecule has 0 unspecified atom stereocenters. The molecule has 0 spiro atoms. The van der Waals surface area contributed by atoms with Gasteiger partial charge in [-0.3, -0.25) is 9.59 Å². The fourth-order valence-electron chi connectivity index (χ4n) is 2.99. The number of rotatable bonds is 7. The molecule has 0 saturated heterocycles. The average Bonchev–Trinajstić information content (AvgIpc) is 3.47. The summed E-state index contributed by atoms with van der Waals surface area (Å²) in [6, 6.07) is 16.7. The van der Waals surface area contributed by atoms with Crippen LogP contribution in [-0.4, -0.2) is 29.8 Å². The Bertz CT molecular complexity index is 781. The molecule has 5 heteroatoms. The summed E-state index contributed by atoms with van der Waals surface area (Å²) >= 11 is 0. The highest BCUT2D eigenvalue weighted by Gasteiger charge is 2.57. The van der Waals surface area contributed by atoms with E-state index in [1.807, 2.05) is 56.3 Å². The number of amides is 2. The van der Waals surface area contributed by atoms with Crippen molar-refractivity contribution in [3.05, 3.63) is 54.6 Å². The van der Waals surface area contributed by atoms with E-state index in [0.29, 0.717) is 43.1 Å². The molecule has 5 nitrogen and oxygen atoms in total. The summed E-state index contributed by atoms with van der Waals surface area (Å²) in [5.74, 6) is 0.910. The SMILES string of the molecule is CCN(CC)C(=O)C1(C(=O)Nc2ccccc2Oc2ccccc2)CC1. The number of para-hydroxylation sites is 3. The van der Waals surface area contributed by atoms with Gasteiger partial charge in [0.25, 0.3) is 0 Å². The number of hydrogen-bond acceptors (Lipinski definition) is 3. The predicted molar refractivity (Wildman–Crippen MR) is 101 cm³/mol. The van der Waals surface area contributed by atoms with E-state index >= 15 is 0 Å². The van der Waals surface area contributed by atoms with Gasteiger partial charge in [-0.25, -0.2) is 0 Å². The van der Waals surface area contributed by atoms with E-state index in [0.717, 1.165) is 0 Å². The van der Waals surface area contributed by atoms with E-state index in [-0.39, 0.29) is 11.8 Å². The van der Waals surface area contributed by atoms with Gasteiger partial charge >= 0.3 is 0 Å². The summed E-state index contributed by atoms with van der Waals surface area (Å²) < 4.78 is 5.88. The van der Waals surface area contributed by atoms with Crippen LogP contribution in [0.25, 0.3) is 0 Å². The summed E-state index contributed by atoms with van der Waals surface area (Å²) in [7, 11) is 0. The Balaban J connectivity index is 1.77. The first-order valence-corrected chi connectivity index (χ1v) is 9.03. The van der Waals surface area contributed by atoms with Gasteiger partial charge < -0.3 is 15.0 Å². The Morgan fingerprint density at radius 3 is 2.23 bits per heavy atom. The number of anilines is 1. The van der Waals surface area contributed by atoms with Crippen LogP contribution in [-0.2, 0) is 9.59 Å². The zero-order valence-corrected chi connectivity index (χ0v) is 15.2. The summed E-state index contributed by atoms with van der Waals surface area (Å²) in [5, 5.41) is 2.91. The standard InChI is InChI=1S/C21H24N2O3/c1-3-23(4-2)20(25)21(14-15-21)19(24)22-17-12-8-9-13-18(17)26-16-10-6-5-7-11-16/h5-13H,3-4,14-15H2,1-2H3,(H,22,24). The molecule has 26 heavy (non-hydrogen) atoms. The zero-order valence-electron chi connectivity index (χ0n) is 15.2. The van der Waals surface area contributed by atoms with Crippen molar-refractivity contribution in [1.82, 2.24) is 4.90 Å². The Hall–Kier alpha value is -2.82. The molecular weight excluding hydrogens is 328 g/mol. The van der Waals surface area contributed by atoms with E-state index in [9.17, 15) is 9.59 Å². The van der Waals surface area contributed by atoms with E-state index < -0.39 is 5.41 Å². The lowest BCUT2D eigenvalue weighted by atomic mass is 10.0. The Kier molecular flexibility index (Phi) is 5.26. The molecule has 1 aliphatic rings. The van der Waals surface area contributed by atoms with Crippen LogP contribution in [0.3, 0.4) is 0 Å². The van der Waals surface area contributed by atoms with Gasteiger partial charge in [0.05, 0.1) is 5.69 Å². The van der Waals surface area contributed by atoms with Gasteiger partial charge in [-0.15, -0.1) is 0 Å². The van der Waals surface area contributed by atoms with Crippen molar-refractivity contribution in [1.29, 1.82) is 0 Å². The molecule has 0 aliphatic heterocycles. The highest BCUT2D eigenvalue weighted by atomic mass is 16.5. The minimum Gasteiger partial charge on any atom is -0.455 e. The lowest BCUT2D eigenvalue weighted by Gasteiger charge is -2.24. The highest BCUT2D eigenvalue weighted by Crippen LogP contribution is 2.48. The maximum Gasteiger partial charge on any atom is 0.240 e. The fraction of sp³-hybridized carbons (Fsp3) is 0.333. The molecule has 1 fully saturated rings. The van der Waals surface area contributed by atoms with Crippen molar-refractivity contribution in [3.63, 3.8) is 0 Å². The summed E-state index contributed by atoms with van der Waals surface area (Å²) in [6.07, 6.45) is 1.19. The first kappa shape index (κ1) is 18.0. The largest absolute Gasteiger partial charge is 0.455 e. The lowest BCUT2D eigenvalue weighted by molar-refractivity contribution is -0.141. The summed E-state index contributed by atoms with van der Waals surface area (Å²) in [6.45, 7) is 5.08. The van der Waals surface area contributed by atoms with E-state index in [2.05, 4.69) is 5.32 Å². The number of nitrogens with zero attached hydrogens (tertiary/aromatic N) is 1. The smallest absolute Gasteiger partial charge is 0.240 e. The molecule has 0 bridgehead atoms. The summed E-state index contributed by atoms with van der Waals surface area (Å²) in [4.78, 5) is 27.3. The van der Waals surface area contributed by atoms with E-state index in [4.69, 9.17) is 4.74 Å². The monoisotopic (exact) mass is 352 g/mol. The van der Waals surface area contributed by atoms with Crippen LogP contribution in [0.1, 0.15) is 26.7 Å². The molecule has 0 atom stereocenters. The third kappa shape index (κ3) is 3.57. The van der Waals surface area contributed by atoms with Gasteiger partial charge in [0.2, 0.25) is 11.8 Å². The molecular formula is C21H24N2O3. The molecule has 0 aromatic heterocycles. The first-order valence-electron chi connectivity index (χ1n) is 9.03. The molecule has 136 valence electrons. The van der Waals surface area contributed by atoms with Crippen LogP contribution >= 0.6 is 0 Å². The minimum atomic E-state index is -0.925. The minimum absolute atomic E-state index is 0.0820. The predicted octanol–water partition coefficient (Wildman–Crippen LogP) is 4.07. The van der Waals surface area contributed by atoms with Crippen molar-refractivity contribution in [2.45, 2.75) is 26.7 Å². The number of benzene rings is 2. The van der Waals surface area contributed by atoms with Crippen LogP contribution in [0.2, 0.25) is 0 Å². The molecule has 0 radical (unpaired) electrons. The van der Waals surface area contributed by atoms with Gasteiger partial charge in [-0.2, -0.15) is 0 Å². The van der Waals surface area contributed by atoms with E-state index in [1.165, 1.54) is 0 Å². The Morgan fingerprint density at radius 1 is 1.00 bits per heavy atom. The quantitative estimate of drug-likeness (QED) is 0.764. The van der Waals surface area contributed by atoms with Crippen molar-refractivity contribution >= 4 is 17.5 Å². The maximum atomic E-state index is 12.9. The first-order chi connectivity index (χ1) is 12.6. The van der Waals surface area contributed by atoms with Crippen molar-refractivity contribution < 1.29 is 14.3 Å². The van der Waals surface area contributed by atoms with Gasteiger partial charge in [0.1, 0.15) is 11.2 Å². The molecule has 1 N–H and O–H groups in total. The third-order valence-electron chi connectivity index (χ3n) is 4.75. The number of nitrogens with one attached hydrogen (secondary N) is 1. The zero-order chi connectivity index (χ0) is 18.6. The second-order valence-corrected chi connectivity index (χ2v) is 6.42. The van der Waals surface area contributed by atoms with Crippen molar-refractivity contribution in [3.8, 4) is 11.5 Å². The lowest BCUT2D eigenvalue weighted by Crippen LogP contribution is -2.42. The second-order valence-electron chi connectivity index (χ2n) is 6.42. The van der Waals surface area contributed by atoms with Gasteiger partial charge in [0, 0.05) is 13.1 Å². The normalized spacial score (nSPS) is 14.4. The van der Waals surface area contributed by atoms with Gasteiger partial charge in [-0.05, 0) is 51.0 Å². The molecule has 3 rings (SSSR count). The molecule has 0 heterocycles. The topological polar surface area (TPSA) is 58.6 Å². The number of ether oxygens (including phenoxy) is 1. The molecule has 2 aromatic carbocycles. The Labute approximate surface area is 154 Å². The van der Waals surface area contributed by atoms with Crippen LogP contribution in [0, 0.1) is 5.41 Å². The number of carbonyl (C=O) groups is 2. The number of hydrogen-bond donors (Lipinski definition) is 1. The fourth-order valence-corrected chi connectivity index (χ4v) is 2.99. The second kappa shape index (κ2) is 7.60.